The molecule has 0 fully saturated rings. The van der Waals surface area contributed by atoms with E-state index in [1.54, 1.807) is 0 Å². The summed E-state index contributed by atoms with van der Waals surface area (Å²) >= 11 is 5.28. The molecule has 0 saturated heterocycles. The van der Waals surface area contributed by atoms with Gasteiger partial charge in [-0.2, -0.15) is 11.8 Å². The van der Waals surface area contributed by atoms with Crippen molar-refractivity contribution in [1.82, 2.24) is 5.32 Å². The zero-order chi connectivity index (χ0) is 17.2. The number of halogens is 1. The molecule has 0 spiro atoms. The Labute approximate surface area is 157 Å². The second-order valence-electron chi connectivity index (χ2n) is 5.83. The van der Waals surface area contributed by atoms with Crippen LogP contribution >= 0.6 is 27.7 Å². The summed E-state index contributed by atoms with van der Waals surface area (Å²) in [6, 6.07) is 18.7. The third kappa shape index (κ3) is 7.51. The number of likely N-dealkylation sites (N-methyl/N-ethyl adjacent to an activating group) is 1. The van der Waals surface area contributed by atoms with E-state index < -0.39 is 0 Å². The Balaban J connectivity index is 1.58. The number of hydrogen-bond donors (Lipinski definition) is 2. The van der Waals surface area contributed by atoms with Crippen molar-refractivity contribution >= 4 is 33.6 Å². The number of hydrogen-bond acceptors (Lipinski definition) is 2. The molecule has 1 unspecified atom stereocenters. The second-order valence-corrected chi connectivity index (χ2v) is 7.85. The maximum Gasteiger partial charge on any atom is 0.275 e. The molecular formula is C19H24BrN2OS+. The third-order valence-electron chi connectivity index (χ3n) is 3.56. The van der Waals surface area contributed by atoms with Crippen LogP contribution in [0.3, 0.4) is 0 Å². The van der Waals surface area contributed by atoms with Crippen LogP contribution in [0.25, 0.3) is 0 Å². The molecule has 0 aliphatic carbocycles. The predicted molar refractivity (Wildman–Crippen MR) is 105 cm³/mol. The highest BCUT2D eigenvalue weighted by Crippen LogP contribution is 2.10. The summed E-state index contributed by atoms with van der Waals surface area (Å²) in [6.07, 6.45) is 0. The van der Waals surface area contributed by atoms with E-state index in [1.165, 1.54) is 16.0 Å². The summed E-state index contributed by atoms with van der Waals surface area (Å²) < 4.78 is 1.08. The highest BCUT2D eigenvalue weighted by Gasteiger charge is 2.10. The minimum Gasteiger partial charge on any atom is -0.350 e. The SMILES string of the molecule is C[NH+](CC(=O)NCCSCc1ccccc1)Cc1ccc(Br)cc1. The number of quaternary nitrogens is 1. The number of benzene rings is 2. The molecule has 2 N–H and O–H groups in total. The first kappa shape index (κ1) is 19.0. The fraction of sp³-hybridized carbons (Fsp3) is 0.316. The Morgan fingerprint density at radius 1 is 1.08 bits per heavy atom. The molecule has 0 radical (unpaired) electrons. The van der Waals surface area contributed by atoms with Crippen molar-refractivity contribution in [2.45, 2.75) is 12.3 Å². The molecule has 2 aromatic carbocycles. The van der Waals surface area contributed by atoms with E-state index in [1.807, 2.05) is 37.0 Å². The first-order valence-corrected chi connectivity index (χ1v) is 10.0. The average Bonchev–Trinajstić information content (AvgIpc) is 2.57. The Morgan fingerprint density at radius 2 is 1.79 bits per heavy atom. The van der Waals surface area contributed by atoms with Gasteiger partial charge in [-0.25, -0.2) is 0 Å². The smallest absolute Gasteiger partial charge is 0.275 e. The monoisotopic (exact) mass is 407 g/mol. The van der Waals surface area contributed by atoms with Crippen LogP contribution in [0.5, 0.6) is 0 Å². The zero-order valence-electron chi connectivity index (χ0n) is 13.9. The standard InChI is InChI=1S/C19H23BrN2OS/c1-22(13-16-7-9-18(20)10-8-16)14-19(23)21-11-12-24-15-17-5-3-2-4-6-17/h2-10H,11-15H2,1H3,(H,21,23)/p+1. The number of carbonyl (C=O) groups excluding carboxylic acids is 1. The number of rotatable bonds is 9. The van der Waals surface area contributed by atoms with Gasteiger partial charge in [-0.3, -0.25) is 4.79 Å². The highest BCUT2D eigenvalue weighted by atomic mass is 79.9. The lowest BCUT2D eigenvalue weighted by atomic mass is 10.2. The molecule has 2 aromatic rings. The van der Waals surface area contributed by atoms with Crippen molar-refractivity contribution in [1.29, 1.82) is 0 Å². The fourth-order valence-corrected chi connectivity index (χ4v) is 3.46. The van der Waals surface area contributed by atoms with E-state index >= 15 is 0 Å². The molecule has 2 rings (SSSR count). The minimum absolute atomic E-state index is 0.116. The molecule has 3 nitrogen and oxygen atoms in total. The van der Waals surface area contributed by atoms with Crippen molar-refractivity contribution < 1.29 is 9.69 Å². The van der Waals surface area contributed by atoms with Crippen molar-refractivity contribution in [3.8, 4) is 0 Å². The first-order chi connectivity index (χ1) is 11.6. The van der Waals surface area contributed by atoms with Gasteiger partial charge in [0.1, 0.15) is 6.54 Å². The molecule has 0 aliphatic rings. The summed E-state index contributed by atoms with van der Waals surface area (Å²) in [5.74, 6) is 2.04. The van der Waals surface area contributed by atoms with E-state index in [-0.39, 0.29) is 5.91 Å². The van der Waals surface area contributed by atoms with Crippen LogP contribution < -0.4 is 10.2 Å². The lowest BCUT2D eigenvalue weighted by Gasteiger charge is -2.14. The summed E-state index contributed by atoms with van der Waals surface area (Å²) in [6.45, 7) is 2.07. The Morgan fingerprint density at radius 3 is 2.50 bits per heavy atom. The number of amides is 1. The van der Waals surface area contributed by atoms with Crippen LogP contribution in [0.4, 0.5) is 0 Å². The first-order valence-electron chi connectivity index (χ1n) is 8.07. The quantitative estimate of drug-likeness (QED) is 0.626. The van der Waals surface area contributed by atoms with Crippen LogP contribution in [0, 0.1) is 0 Å². The van der Waals surface area contributed by atoms with E-state index in [9.17, 15) is 4.79 Å². The van der Waals surface area contributed by atoms with E-state index in [0.29, 0.717) is 6.54 Å². The Hall–Kier alpha value is -1.30. The van der Waals surface area contributed by atoms with Gasteiger partial charge in [0.2, 0.25) is 0 Å². The normalized spacial score (nSPS) is 11.9. The van der Waals surface area contributed by atoms with Gasteiger partial charge in [0.05, 0.1) is 7.05 Å². The number of thioether (sulfide) groups is 1. The van der Waals surface area contributed by atoms with Gasteiger partial charge in [0.15, 0.2) is 6.54 Å². The second kappa shape index (κ2) is 10.5. The van der Waals surface area contributed by atoms with Crippen LogP contribution in [-0.4, -0.2) is 31.8 Å². The van der Waals surface area contributed by atoms with E-state index in [4.69, 9.17) is 0 Å². The van der Waals surface area contributed by atoms with Gasteiger partial charge in [-0.05, 0) is 17.7 Å². The molecule has 0 bridgehead atoms. The van der Waals surface area contributed by atoms with Gasteiger partial charge >= 0.3 is 0 Å². The average molecular weight is 408 g/mol. The van der Waals surface area contributed by atoms with Crippen LogP contribution in [0.15, 0.2) is 59.1 Å². The predicted octanol–water partition coefficient (Wildman–Crippen LogP) is 2.51. The molecule has 5 heteroatoms. The molecule has 0 aliphatic heterocycles. The molecular weight excluding hydrogens is 384 g/mol. The van der Waals surface area contributed by atoms with Gasteiger partial charge < -0.3 is 10.2 Å². The molecule has 128 valence electrons. The van der Waals surface area contributed by atoms with Gasteiger partial charge in [0.25, 0.3) is 5.91 Å². The lowest BCUT2D eigenvalue weighted by molar-refractivity contribution is -0.885. The molecule has 0 heterocycles. The van der Waals surface area contributed by atoms with Crippen molar-refractivity contribution in [3.63, 3.8) is 0 Å². The van der Waals surface area contributed by atoms with Gasteiger partial charge in [-0.1, -0.05) is 58.4 Å². The molecule has 0 aromatic heterocycles. The summed E-state index contributed by atoms with van der Waals surface area (Å²) in [5.41, 5.74) is 2.56. The van der Waals surface area contributed by atoms with E-state index in [0.717, 1.165) is 29.1 Å². The van der Waals surface area contributed by atoms with Crippen molar-refractivity contribution in [2.75, 3.05) is 25.9 Å². The van der Waals surface area contributed by atoms with Crippen LogP contribution in [-0.2, 0) is 17.1 Å². The summed E-state index contributed by atoms with van der Waals surface area (Å²) in [4.78, 5) is 13.2. The minimum atomic E-state index is 0.116. The molecule has 1 amide bonds. The Kier molecular flexibility index (Phi) is 8.36. The summed E-state index contributed by atoms with van der Waals surface area (Å²) in [7, 11) is 2.05. The Bertz CT molecular complexity index is 619. The van der Waals surface area contributed by atoms with Crippen LogP contribution in [0.2, 0.25) is 0 Å². The van der Waals surface area contributed by atoms with E-state index in [2.05, 4.69) is 57.6 Å². The molecule has 0 saturated carbocycles. The maximum atomic E-state index is 12.0. The maximum absolute atomic E-state index is 12.0. The number of nitrogens with one attached hydrogen (secondary N) is 2. The largest absolute Gasteiger partial charge is 0.350 e. The van der Waals surface area contributed by atoms with Gasteiger partial charge in [0, 0.05) is 28.1 Å². The van der Waals surface area contributed by atoms with Crippen LogP contribution in [0.1, 0.15) is 11.1 Å². The topological polar surface area (TPSA) is 33.5 Å². The lowest BCUT2D eigenvalue weighted by Crippen LogP contribution is -3.08. The van der Waals surface area contributed by atoms with Crippen molar-refractivity contribution in [3.05, 3.63) is 70.2 Å². The van der Waals surface area contributed by atoms with Crippen molar-refractivity contribution in [2.24, 2.45) is 0 Å². The highest BCUT2D eigenvalue weighted by molar-refractivity contribution is 9.10. The number of carbonyl (C=O) groups is 1. The molecule has 24 heavy (non-hydrogen) atoms. The third-order valence-corrected chi connectivity index (χ3v) is 5.12. The van der Waals surface area contributed by atoms with Gasteiger partial charge in [-0.15, -0.1) is 0 Å². The fourth-order valence-electron chi connectivity index (χ4n) is 2.38. The molecule has 1 atom stereocenters. The zero-order valence-corrected chi connectivity index (χ0v) is 16.3. The summed E-state index contributed by atoms with van der Waals surface area (Å²) in [5, 5.41) is 3.01.